The lowest BCUT2D eigenvalue weighted by atomic mass is 10.1. The van der Waals surface area contributed by atoms with Crippen LogP contribution in [0.1, 0.15) is 24.8 Å². The largest absolute Gasteiger partial charge is 0.494 e. The van der Waals surface area contributed by atoms with Crippen molar-refractivity contribution in [2.45, 2.75) is 31.7 Å². The van der Waals surface area contributed by atoms with Gasteiger partial charge in [0.05, 0.1) is 13.5 Å². The molecular weight excluding hydrogens is 275 g/mol. The van der Waals surface area contributed by atoms with Gasteiger partial charge in [-0.05, 0) is 37.0 Å². The number of hydrogen-bond donors (Lipinski definition) is 2. The van der Waals surface area contributed by atoms with Gasteiger partial charge in [-0.25, -0.2) is 4.39 Å². The molecule has 0 spiro atoms. The van der Waals surface area contributed by atoms with Crippen molar-refractivity contribution in [1.82, 2.24) is 10.6 Å². The van der Waals surface area contributed by atoms with Crippen LogP contribution in [0.25, 0.3) is 0 Å². The van der Waals surface area contributed by atoms with E-state index in [2.05, 4.69) is 10.6 Å². The molecule has 0 aromatic heterocycles. The number of amides is 2. The monoisotopic (exact) mass is 294 g/mol. The zero-order valence-electron chi connectivity index (χ0n) is 11.9. The minimum absolute atomic E-state index is 0.0324. The molecule has 0 bridgehead atoms. The number of hydrogen-bond acceptors (Lipinski definition) is 3. The molecule has 1 aromatic carbocycles. The number of nitrogens with one attached hydrogen (secondary N) is 2. The Morgan fingerprint density at radius 3 is 3.00 bits per heavy atom. The van der Waals surface area contributed by atoms with Crippen LogP contribution in [0.15, 0.2) is 18.2 Å². The van der Waals surface area contributed by atoms with E-state index in [1.165, 1.54) is 19.2 Å². The normalized spacial score (nSPS) is 18.6. The zero-order chi connectivity index (χ0) is 15.2. The van der Waals surface area contributed by atoms with Crippen molar-refractivity contribution < 1.29 is 18.7 Å². The summed E-state index contributed by atoms with van der Waals surface area (Å²) >= 11 is 0. The summed E-state index contributed by atoms with van der Waals surface area (Å²) in [5, 5.41) is 5.46. The van der Waals surface area contributed by atoms with Crippen LogP contribution in [0.5, 0.6) is 5.75 Å². The average Bonchev–Trinajstić information content (AvgIpc) is 2.64. The first-order chi connectivity index (χ1) is 10.1. The maximum atomic E-state index is 13.6. The summed E-state index contributed by atoms with van der Waals surface area (Å²) in [6.07, 6.45) is 2.47. The molecule has 1 heterocycles. The molecule has 2 amide bonds. The first-order valence-corrected chi connectivity index (χ1v) is 6.99. The summed E-state index contributed by atoms with van der Waals surface area (Å²) in [4.78, 5) is 23.7. The van der Waals surface area contributed by atoms with Gasteiger partial charge in [0.2, 0.25) is 11.8 Å². The molecule has 2 N–H and O–H groups in total. The topological polar surface area (TPSA) is 67.4 Å². The van der Waals surface area contributed by atoms with E-state index in [9.17, 15) is 14.0 Å². The van der Waals surface area contributed by atoms with Gasteiger partial charge >= 0.3 is 0 Å². The summed E-state index contributed by atoms with van der Waals surface area (Å²) < 4.78 is 18.4. The number of halogens is 1. The van der Waals surface area contributed by atoms with Crippen molar-refractivity contribution in [2.75, 3.05) is 13.7 Å². The lowest BCUT2D eigenvalue weighted by Crippen LogP contribution is -2.45. The Bertz CT molecular complexity index is 534. The summed E-state index contributed by atoms with van der Waals surface area (Å²) in [7, 11) is 1.38. The number of benzene rings is 1. The van der Waals surface area contributed by atoms with E-state index in [-0.39, 0.29) is 24.0 Å². The van der Waals surface area contributed by atoms with Gasteiger partial charge in [0.1, 0.15) is 6.04 Å². The van der Waals surface area contributed by atoms with Crippen molar-refractivity contribution in [2.24, 2.45) is 0 Å². The van der Waals surface area contributed by atoms with Crippen molar-refractivity contribution in [3.63, 3.8) is 0 Å². The summed E-state index contributed by atoms with van der Waals surface area (Å²) in [5.41, 5.74) is 0.542. The second-order valence-corrected chi connectivity index (χ2v) is 5.05. The molecule has 5 nitrogen and oxygen atoms in total. The van der Waals surface area contributed by atoms with E-state index in [0.717, 1.165) is 12.8 Å². The molecule has 1 atom stereocenters. The Morgan fingerprint density at radius 2 is 2.29 bits per heavy atom. The molecular formula is C15H19FN2O3. The van der Waals surface area contributed by atoms with Crippen LogP contribution >= 0.6 is 0 Å². The molecule has 1 aliphatic heterocycles. The quantitative estimate of drug-likeness (QED) is 0.875. The van der Waals surface area contributed by atoms with Crippen LogP contribution in [-0.2, 0) is 16.0 Å². The Kier molecular flexibility index (Phi) is 5.14. The molecule has 21 heavy (non-hydrogen) atoms. The van der Waals surface area contributed by atoms with Gasteiger partial charge < -0.3 is 15.4 Å². The fourth-order valence-corrected chi connectivity index (χ4v) is 2.33. The van der Waals surface area contributed by atoms with Crippen LogP contribution in [0.3, 0.4) is 0 Å². The van der Waals surface area contributed by atoms with Crippen LogP contribution in [0.2, 0.25) is 0 Å². The molecule has 1 fully saturated rings. The summed E-state index contributed by atoms with van der Waals surface area (Å²) in [5.74, 6) is -0.805. The molecule has 114 valence electrons. The Hall–Kier alpha value is -2.11. The van der Waals surface area contributed by atoms with E-state index in [1.807, 2.05) is 0 Å². The third-order valence-electron chi connectivity index (χ3n) is 3.45. The van der Waals surface area contributed by atoms with Crippen molar-refractivity contribution in [3.05, 3.63) is 29.6 Å². The predicted octanol–water partition coefficient (Wildman–Crippen LogP) is 1.16. The predicted molar refractivity (Wildman–Crippen MR) is 75.4 cm³/mol. The molecule has 0 saturated carbocycles. The molecule has 6 heteroatoms. The molecule has 0 aliphatic carbocycles. The minimum Gasteiger partial charge on any atom is -0.494 e. The minimum atomic E-state index is -0.505. The van der Waals surface area contributed by atoms with Gasteiger partial charge in [-0.2, -0.15) is 0 Å². The maximum absolute atomic E-state index is 13.6. The number of methoxy groups -OCH3 is 1. The van der Waals surface area contributed by atoms with Crippen molar-refractivity contribution in [1.29, 1.82) is 0 Å². The highest BCUT2D eigenvalue weighted by molar-refractivity contribution is 5.88. The maximum Gasteiger partial charge on any atom is 0.242 e. The van der Waals surface area contributed by atoms with Crippen LogP contribution < -0.4 is 15.4 Å². The fraction of sp³-hybridized carbons (Fsp3) is 0.467. The number of ether oxygens (including phenoxy) is 1. The van der Waals surface area contributed by atoms with Crippen LogP contribution in [-0.4, -0.2) is 31.5 Å². The van der Waals surface area contributed by atoms with Crippen molar-refractivity contribution >= 4 is 11.8 Å². The molecule has 0 unspecified atom stereocenters. The van der Waals surface area contributed by atoms with Crippen LogP contribution in [0.4, 0.5) is 4.39 Å². The third kappa shape index (κ3) is 4.18. The highest BCUT2D eigenvalue weighted by atomic mass is 19.1. The van der Waals surface area contributed by atoms with E-state index in [0.29, 0.717) is 18.5 Å². The summed E-state index contributed by atoms with van der Waals surface area (Å²) in [6, 6.07) is 3.89. The Labute approximate surface area is 122 Å². The molecule has 1 saturated heterocycles. The van der Waals surface area contributed by atoms with Gasteiger partial charge in [-0.15, -0.1) is 0 Å². The van der Waals surface area contributed by atoms with Gasteiger partial charge in [-0.1, -0.05) is 6.07 Å². The molecule has 0 radical (unpaired) electrons. The van der Waals surface area contributed by atoms with Gasteiger partial charge in [0, 0.05) is 6.54 Å². The summed E-state index contributed by atoms with van der Waals surface area (Å²) in [6.45, 7) is 0.648. The SMILES string of the molecule is COc1ccc(CC(=O)N[C@H]2CCCCNC2=O)cc1F. The highest BCUT2D eigenvalue weighted by Gasteiger charge is 2.22. The highest BCUT2D eigenvalue weighted by Crippen LogP contribution is 2.18. The van der Waals surface area contributed by atoms with E-state index in [4.69, 9.17) is 4.74 Å². The number of carbonyl (C=O) groups excluding carboxylic acids is 2. The standard InChI is InChI=1S/C15H19FN2O3/c1-21-13-6-5-10(8-11(13)16)9-14(19)18-12-4-2-3-7-17-15(12)20/h5-6,8,12H,2-4,7,9H2,1H3,(H,17,20)(H,18,19)/t12-/m0/s1. The van der Waals surface area contributed by atoms with Gasteiger partial charge in [-0.3, -0.25) is 9.59 Å². The van der Waals surface area contributed by atoms with Crippen LogP contribution in [0, 0.1) is 5.82 Å². The fourth-order valence-electron chi connectivity index (χ4n) is 2.33. The second-order valence-electron chi connectivity index (χ2n) is 5.05. The van der Waals surface area contributed by atoms with E-state index >= 15 is 0 Å². The number of rotatable bonds is 4. The van der Waals surface area contributed by atoms with Gasteiger partial charge in [0.25, 0.3) is 0 Å². The third-order valence-corrected chi connectivity index (χ3v) is 3.45. The lowest BCUT2D eigenvalue weighted by molar-refractivity contribution is -0.128. The van der Waals surface area contributed by atoms with Gasteiger partial charge in [0.15, 0.2) is 11.6 Å². The van der Waals surface area contributed by atoms with E-state index in [1.54, 1.807) is 6.07 Å². The molecule has 2 rings (SSSR count). The first-order valence-electron chi connectivity index (χ1n) is 6.99. The smallest absolute Gasteiger partial charge is 0.242 e. The Morgan fingerprint density at radius 1 is 1.48 bits per heavy atom. The first kappa shape index (κ1) is 15.3. The Balaban J connectivity index is 1.94. The number of carbonyl (C=O) groups is 2. The zero-order valence-corrected chi connectivity index (χ0v) is 11.9. The molecule has 1 aromatic rings. The lowest BCUT2D eigenvalue weighted by Gasteiger charge is -2.15. The second kappa shape index (κ2) is 7.06. The van der Waals surface area contributed by atoms with Crippen molar-refractivity contribution in [3.8, 4) is 5.75 Å². The average molecular weight is 294 g/mol. The molecule has 1 aliphatic rings. The van der Waals surface area contributed by atoms with E-state index < -0.39 is 11.9 Å².